The fraction of sp³-hybridized carbons (Fsp3) is 0.944. The molecule has 2 N–H and O–H groups in total. The summed E-state index contributed by atoms with van der Waals surface area (Å²) in [6, 6.07) is 0. The van der Waals surface area contributed by atoms with Crippen LogP contribution in [0.3, 0.4) is 0 Å². The Morgan fingerprint density at radius 3 is 1.64 bits per heavy atom. The molecule has 0 rings (SSSR count). The summed E-state index contributed by atoms with van der Waals surface area (Å²) in [5.41, 5.74) is 0. The molecule has 0 aromatic heterocycles. The molecule has 0 spiro atoms. The number of hydrogen-bond donors (Lipinski definition) is 2. The first-order valence-corrected chi connectivity index (χ1v) is 9.06. The van der Waals surface area contributed by atoms with Crippen LogP contribution in [0.1, 0.15) is 103 Å². The van der Waals surface area contributed by atoms with Gasteiger partial charge in [-0.25, -0.2) is 0 Å². The van der Waals surface area contributed by atoms with E-state index in [1.807, 2.05) is 0 Å². The third-order valence-electron chi connectivity index (χ3n) is 4.07. The van der Waals surface area contributed by atoms with Crippen molar-refractivity contribution in [3.8, 4) is 0 Å². The third-order valence-corrected chi connectivity index (χ3v) is 4.07. The van der Waals surface area contributed by atoms with E-state index in [0.29, 0.717) is 6.42 Å². The van der Waals surface area contributed by atoms with Crippen LogP contribution in [0.5, 0.6) is 0 Å². The quantitative estimate of drug-likeness (QED) is 0.240. The number of aliphatic carboxylic acids is 1. The van der Waals surface area contributed by atoms with E-state index in [4.69, 9.17) is 5.11 Å². The van der Waals surface area contributed by atoms with E-state index in [0.717, 1.165) is 38.5 Å². The molecule has 3 nitrogen and oxygen atoms in total. The summed E-state index contributed by atoms with van der Waals surface area (Å²) >= 11 is 0. The average Bonchev–Trinajstić information content (AvgIpc) is 2.45. The van der Waals surface area contributed by atoms with Crippen molar-refractivity contribution < 1.29 is 15.0 Å². The van der Waals surface area contributed by atoms with Gasteiger partial charge in [0, 0.05) is 6.42 Å². The predicted molar refractivity (Wildman–Crippen MR) is 97.1 cm³/mol. The summed E-state index contributed by atoms with van der Waals surface area (Å²) in [6.07, 6.45) is 16.3. The molecule has 0 heterocycles. The number of aliphatic hydroxyl groups excluding tert-OH is 1. The zero-order valence-electron chi connectivity index (χ0n) is 14.7. The Labute approximate surface area is 157 Å². The maximum absolute atomic E-state index is 10.3. The first-order valence-electron chi connectivity index (χ1n) is 9.06. The van der Waals surface area contributed by atoms with Gasteiger partial charge < -0.3 is 10.2 Å². The standard InChI is InChI=1S/C18H36O3.Pb.2H/c1-2-3-4-11-14-17(19)15-12-9-7-5-6-8-10-13-16-18(20)21;;;/h17,19H,2-16H2,1H3,(H,20,21);;;. The first-order chi connectivity index (χ1) is 10.2. The molecule has 1 atom stereocenters. The monoisotopic (exact) mass is 510 g/mol. The van der Waals surface area contributed by atoms with Crippen molar-refractivity contribution in [2.75, 3.05) is 0 Å². The molecule has 2 radical (unpaired) electrons. The van der Waals surface area contributed by atoms with Gasteiger partial charge in [-0.05, 0) is 19.3 Å². The van der Waals surface area contributed by atoms with Crippen molar-refractivity contribution in [2.24, 2.45) is 0 Å². The molecule has 0 aliphatic carbocycles. The topological polar surface area (TPSA) is 57.5 Å². The summed E-state index contributed by atoms with van der Waals surface area (Å²) < 4.78 is 0. The fourth-order valence-electron chi connectivity index (χ4n) is 2.67. The first kappa shape index (κ1) is 24.6. The molecule has 0 aliphatic rings. The molecule has 0 amide bonds. The van der Waals surface area contributed by atoms with E-state index in [9.17, 15) is 9.90 Å². The van der Waals surface area contributed by atoms with Crippen LogP contribution < -0.4 is 0 Å². The minimum absolute atomic E-state index is 0. The van der Waals surface area contributed by atoms with Crippen LogP contribution in [0, 0.1) is 0 Å². The zero-order valence-corrected chi connectivity index (χ0v) is 20.2. The van der Waals surface area contributed by atoms with E-state index in [2.05, 4.69) is 6.92 Å². The Bertz CT molecular complexity index is 234. The van der Waals surface area contributed by atoms with E-state index >= 15 is 0 Å². The van der Waals surface area contributed by atoms with Gasteiger partial charge in [0.15, 0.2) is 0 Å². The Morgan fingerprint density at radius 1 is 0.773 bits per heavy atom. The van der Waals surface area contributed by atoms with Gasteiger partial charge in [-0.2, -0.15) is 0 Å². The van der Waals surface area contributed by atoms with Gasteiger partial charge in [0.1, 0.15) is 0 Å². The van der Waals surface area contributed by atoms with Gasteiger partial charge in [0.2, 0.25) is 0 Å². The molecule has 0 aliphatic heterocycles. The molecular weight excluding hydrogens is 471 g/mol. The molecule has 22 heavy (non-hydrogen) atoms. The van der Waals surface area contributed by atoms with Gasteiger partial charge >= 0.3 is 33.3 Å². The van der Waals surface area contributed by atoms with Crippen molar-refractivity contribution in [2.45, 2.75) is 109 Å². The Morgan fingerprint density at radius 2 is 1.18 bits per heavy atom. The van der Waals surface area contributed by atoms with Gasteiger partial charge in [-0.15, -0.1) is 0 Å². The summed E-state index contributed by atoms with van der Waals surface area (Å²) in [6.45, 7) is 2.21. The Hall–Kier alpha value is 0.352. The molecule has 0 saturated heterocycles. The van der Waals surface area contributed by atoms with Crippen LogP contribution in [0.4, 0.5) is 0 Å². The molecule has 4 heteroatoms. The fourth-order valence-corrected chi connectivity index (χ4v) is 2.67. The van der Waals surface area contributed by atoms with Crippen molar-refractivity contribution in [1.29, 1.82) is 0 Å². The number of aliphatic hydroxyl groups is 1. The van der Waals surface area contributed by atoms with Crippen LogP contribution >= 0.6 is 0 Å². The molecule has 132 valence electrons. The molecule has 0 fully saturated rings. The SMILES string of the molecule is CCCCCCC(O)CCCCCCCCCCC(=O)O.[PbH2]. The van der Waals surface area contributed by atoms with Crippen LogP contribution in [0.25, 0.3) is 0 Å². The predicted octanol–water partition coefficient (Wildman–Crippen LogP) is 4.39. The van der Waals surface area contributed by atoms with E-state index in [1.54, 1.807) is 0 Å². The minimum atomic E-state index is -0.678. The van der Waals surface area contributed by atoms with Crippen LogP contribution in [0.15, 0.2) is 0 Å². The maximum atomic E-state index is 10.3. The van der Waals surface area contributed by atoms with Crippen molar-refractivity contribution >= 4 is 33.3 Å². The van der Waals surface area contributed by atoms with Gasteiger partial charge in [-0.3, -0.25) is 4.79 Å². The van der Waals surface area contributed by atoms with Crippen molar-refractivity contribution in [1.82, 2.24) is 0 Å². The van der Waals surface area contributed by atoms with Crippen molar-refractivity contribution in [3.05, 3.63) is 0 Å². The van der Waals surface area contributed by atoms with Crippen LogP contribution in [-0.4, -0.2) is 49.6 Å². The summed E-state index contributed by atoms with van der Waals surface area (Å²) in [5.74, 6) is -0.678. The zero-order chi connectivity index (χ0) is 15.8. The number of carbonyl (C=O) groups is 1. The van der Waals surface area contributed by atoms with Gasteiger partial charge in [0.05, 0.1) is 6.10 Å². The normalized spacial score (nSPS) is 11.9. The van der Waals surface area contributed by atoms with Crippen molar-refractivity contribution in [3.63, 3.8) is 0 Å². The number of rotatable bonds is 16. The van der Waals surface area contributed by atoms with E-state index < -0.39 is 5.97 Å². The third kappa shape index (κ3) is 20.4. The average molecular weight is 510 g/mol. The van der Waals surface area contributed by atoms with Gasteiger partial charge in [-0.1, -0.05) is 77.6 Å². The number of hydrogen-bond acceptors (Lipinski definition) is 2. The van der Waals surface area contributed by atoms with E-state index in [1.165, 1.54) is 51.4 Å². The van der Waals surface area contributed by atoms with Gasteiger partial charge in [0.25, 0.3) is 0 Å². The number of unbranched alkanes of at least 4 members (excludes halogenated alkanes) is 10. The molecule has 0 saturated carbocycles. The summed E-state index contributed by atoms with van der Waals surface area (Å²) in [7, 11) is 0. The summed E-state index contributed by atoms with van der Waals surface area (Å²) in [4.78, 5) is 10.3. The Balaban J connectivity index is 0. The second kappa shape index (κ2) is 19.4. The number of carboxylic acid groups (broad SMARTS) is 1. The second-order valence-corrected chi connectivity index (χ2v) is 6.26. The molecule has 0 aromatic carbocycles. The molecule has 0 aromatic rings. The number of carboxylic acids is 1. The van der Waals surface area contributed by atoms with Crippen LogP contribution in [0.2, 0.25) is 0 Å². The molecule has 0 bridgehead atoms. The summed E-state index contributed by atoms with van der Waals surface area (Å²) in [5, 5.41) is 18.4. The van der Waals surface area contributed by atoms with Crippen LogP contribution in [-0.2, 0) is 4.79 Å². The van der Waals surface area contributed by atoms with E-state index in [-0.39, 0.29) is 33.4 Å². The second-order valence-electron chi connectivity index (χ2n) is 6.26. The Kier molecular flexibility index (Phi) is 21.7. The molecular formula is C18H38O3Pb. The molecule has 1 unspecified atom stereocenters.